The minimum atomic E-state index is 0.0854. The predicted octanol–water partition coefficient (Wildman–Crippen LogP) is 1.74. The minimum Gasteiger partial charge on any atom is -0.352 e. The molecule has 0 N–H and O–H groups in total. The highest BCUT2D eigenvalue weighted by Crippen LogP contribution is 2.31. The van der Waals surface area contributed by atoms with E-state index in [0.717, 1.165) is 61.6 Å². The fourth-order valence-corrected chi connectivity index (χ4v) is 4.77. The first kappa shape index (κ1) is 15.8. The van der Waals surface area contributed by atoms with Crippen LogP contribution in [0, 0.1) is 6.92 Å². The van der Waals surface area contributed by atoms with Gasteiger partial charge in [0.1, 0.15) is 12.1 Å². The number of likely N-dealkylation sites (tertiary alicyclic amines) is 1. The van der Waals surface area contributed by atoms with Crippen LogP contribution in [0.4, 0.5) is 5.82 Å². The largest absolute Gasteiger partial charge is 0.352 e. The third-order valence-electron chi connectivity index (χ3n) is 5.21. The van der Waals surface area contributed by atoms with Crippen molar-refractivity contribution in [3.8, 4) is 0 Å². The van der Waals surface area contributed by atoms with Gasteiger partial charge in [-0.1, -0.05) is 0 Å². The summed E-state index contributed by atoms with van der Waals surface area (Å²) in [6.45, 7) is 6.35. The summed E-state index contributed by atoms with van der Waals surface area (Å²) in [4.78, 5) is 28.1. The second kappa shape index (κ2) is 6.29. The molecule has 2 aliphatic heterocycles. The molecule has 1 amide bonds. The number of aryl methyl sites for hydroxylation is 1. The van der Waals surface area contributed by atoms with Crippen molar-refractivity contribution < 1.29 is 4.79 Å². The Morgan fingerprint density at radius 1 is 1.21 bits per heavy atom. The van der Waals surface area contributed by atoms with Crippen molar-refractivity contribution in [2.45, 2.75) is 25.8 Å². The van der Waals surface area contributed by atoms with Gasteiger partial charge in [0.2, 0.25) is 5.91 Å². The van der Waals surface area contributed by atoms with Crippen LogP contribution in [0.1, 0.15) is 18.4 Å². The first-order valence-corrected chi connectivity index (χ1v) is 9.46. The van der Waals surface area contributed by atoms with Crippen molar-refractivity contribution >= 4 is 33.3 Å². The summed E-state index contributed by atoms with van der Waals surface area (Å²) in [5.41, 5.74) is 2.26. The molecule has 0 aliphatic carbocycles. The molecule has 0 radical (unpaired) electrons. The summed E-state index contributed by atoms with van der Waals surface area (Å²) < 4.78 is 1.16. The van der Waals surface area contributed by atoms with Crippen molar-refractivity contribution in [2.24, 2.45) is 0 Å². The summed E-state index contributed by atoms with van der Waals surface area (Å²) in [7, 11) is 2.06. The van der Waals surface area contributed by atoms with Crippen LogP contribution in [0.5, 0.6) is 0 Å². The highest BCUT2D eigenvalue weighted by atomic mass is 32.1. The zero-order valence-electron chi connectivity index (χ0n) is 14.2. The summed E-state index contributed by atoms with van der Waals surface area (Å²) in [5, 5.41) is 2.14. The number of rotatable bonds is 2. The van der Waals surface area contributed by atoms with Crippen molar-refractivity contribution in [1.29, 1.82) is 0 Å². The van der Waals surface area contributed by atoms with E-state index in [4.69, 9.17) is 0 Å². The molecule has 0 saturated carbocycles. The minimum absolute atomic E-state index is 0.0854. The molecule has 0 bridgehead atoms. The smallest absolute Gasteiger partial charge is 0.240 e. The predicted molar refractivity (Wildman–Crippen MR) is 96.6 cm³/mol. The molecule has 0 spiro atoms. The van der Waals surface area contributed by atoms with E-state index in [2.05, 4.69) is 39.1 Å². The van der Waals surface area contributed by atoms with E-state index < -0.39 is 0 Å². The van der Waals surface area contributed by atoms with Gasteiger partial charge in [-0.15, -0.1) is 11.3 Å². The van der Waals surface area contributed by atoms with Gasteiger partial charge in [-0.2, -0.15) is 0 Å². The first-order chi connectivity index (χ1) is 11.6. The van der Waals surface area contributed by atoms with Crippen LogP contribution < -0.4 is 4.90 Å². The maximum absolute atomic E-state index is 12.7. The third kappa shape index (κ3) is 2.65. The summed E-state index contributed by atoms with van der Waals surface area (Å²) in [5.74, 6) is 1.32. The number of carbonyl (C=O) groups is 1. The zero-order chi connectivity index (χ0) is 16.7. The Morgan fingerprint density at radius 2 is 2.00 bits per heavy atom. The van der Waals surface area contributed by atoms with Gasteiger partial charge < -0.3 is 9.80 Å². The van der Waals surface area contributed by atoms with Crippen LogP contribution in [0.25, 0.3) is 10.2 Å². The lowest BCUT2D eigenvalue weighted by Gasteiger charge is -2.37. The summed E-state index contributed by atoms with van der Waals surface area (Å²) in [6, 6.07) is 0.0854. The molecule has 0 unspecified atom stereocenters. The van der Waals surface area contributed by atoms with E-state index >= 15 is 0 Å². The van der Waals surface area contributed by atoms with Crippen molar-refractivity contribution in [1.82, 2.24) is 19.8 Å². The molecule has 2 fully saturated rings. The Hall–Kier alpha value is -1.73. The van der Waals surface area contributed by atoms with E-state index in [9.17, 15) is 4.79 Å². The molecule has 2 aliphatic rings. The van der Waals surface area contributed by atoms with Gasteiger partial charge >= 0.3 is 0 Å². The van der Waals surface area contributed by atoms with E-state index in [1.54, 1.807) is 17.7 Å². The lowest BCUT2D eigenvalue weighted by molar-refractivity contribution is -0.135. The fraction of sp³-hybridized carbons (Fsp3) is 0.588. The molecule has 4 rings (SSSR count). The maximum Gasteiger partial charge on any atom is 0.240 e. The Balaban J connectivity index is 1.47. The molecule has 7 heteroatoms. The lowest BCUT2D eigenvalue weighted by Crippen LogP contribution is -2.53. The van der Waals surface area contributed by atoms with Gasteiger partial charge in [0.15, 0.2) is 0 Å². The van der Waals surface area contributed by atoms with Crippen molar-refractivity contribution in [3.63, 3.8) is 0 Å². The number of carbonyl (C=O) groups excluding carboxylic acids is 1. The number of hydrogen-bond donors (Lipinski definition) is 0. The van der Waals surface area contributed by atoms with E-state index in [0.29, 0.717) is 5.91 Å². The highest BCUT2D eigenvalue weighted by Gasteiger charge is 2.33. The van der Waals surface area contributed by atoms with Gasteiger partial charge in [-0.05, 0) is 44.3 Å². The number of thiophene rings is 1. The average molecular weight is 345 g/mol. The number of piperazine rings is 1. The number of amides is 1. The average Bonchev–Trinajstić information content (AvgIpc) is 3.20. The quantitative estimate of drug-likeness (QED) is 0.830. The van der Waals surface area contributed by atoms with Crippen LogP contribution in [0.2, 0.25) is 0 Å². The Kier molecular flexibility index (Phi) is 4.14. The molecule has 6 nitrogen and oxygen atoms in total. The van der Waals surface area contributed by atoms with Crippen molar-refractivity contribution in [3.05, 3.63) is 17.3 Å². The number of fused-ring (bicyclic) bond motifs is 1. The Labute approximate surface area is 146 Å². The third-order valence-corrected chi connectivity index (χ3v) is 6.29. The normalized spacial score (nSPS) is 22.5. The number of nitrogens with zero attached hydrogens (tertiary/aromatic N) is 5. The molecule has 4 heterocycles. The molecular formula is C17H23N5OS. The first-order valence-electron chi connectivity index (χ1n) is 8.58. The summed E-state index contributed by atoms with van der Waals surface area (Å²) >= 11 is 1.71. The van der Waals surface area contributed by atoms with E-state index in [1.165, 1.54) is 5.56 Å². The van der Waals surface area contributed by atoms with E-state index in [1.807, 2.05) is 4.90 Å². The van der Waals surface area contributed by atoms with Crippen molar-refractivity contribution in [2.75, 3.05) is 44.7 Å². The van der Waals surface area contributed by atoms with Gasteiger partial charge in [0.25, 0.3) is 0 Å². The molecule has 1 atom stereocenters. The SMILES string of the molecule is Cc1csc2c(N3CCN(C(=O)[C@@H]4CCCN4C)CC3)ncnc12. The molecule has 0 aromatic carbocycles. The fourth-order valence-electron chi connectivity index (χ4n) is 3.75. The Bertz CT molecular complexity index is 753. The van der Waals surface area contributed by atoms with Gasteiger partial charge in [-0.3, -0.25) is 9.69 Å². The lowest BCUT2D eigenvalue weighted by atomic mass is 10.1. The van der Waals surface area contributed by atoms with E-state index in [-0.39, 0.29) is 6.04 Å². The van der Waals surface area contributed by atoms with Gasteiger partial charge in [-0.25, -0.2) is 9.97 Å². The number of hydrogen-bond acceptors (Lipinski definition) is 6. The summed E-state index contributed by atoms with van der Waals surface area (Å²) in [6.07, 6.45) is 3.78. The monoisotopic (exact) mass is 345 g/mol. The van der Waals surface area contributed by atoms with Crippen LogP contribution >= 0.6 is 11.3 Å². The van der Waals surface area contributed by atoms with Crippen LogP contribution in [-0.4, -0.2) is 71.5 Å². The molecule has 128 valence electrons. The second-order valence-corrected chi connectivity index (χ2v) is 7.62. The number of likely N-dealkylation sites (N-methyl/N-ethyl adjacent to an activating group) is 1. The Morgan fingerprint density at radius 3 is 2.71 bits per heavy atom. The topological polar surface area (TPSA) is 52.6 Å². The molecule has 2 aromatic rings. The molecular weight excluding hydrogens is 322 g/mol. The molecule has 24 heavy (non-hydrogen) atoms. The second-order valence-electron chi connectivity index (χ2n) is 6.74. The van der Waals surface area contributed by atoms with Crippen LogP contribution in [-0.2, 0) is 4.79 Å². The maximum atomic E-state index is 12.7. The van der Waals surface area contributed by atoms with Gasteiger partial charge in [0, 0.05) is 26.2 Å². The standard InChI is InChI=1S/C17H23N5OS/c1-12-10-24-15-14(12)18-11-19-16(15)21-6-8-22(9-7-21)17(23)13-4-3-5-20(13)2/h10-11,13H,3-9H2,1-2H3/t13-/m0/s1. The van der Waals surface area contributed by atoms with Crippen LogP contribution in [0.3, 0.4) is 0 Å². The number of aromatic nitrogens is 2. The zero-order valence-corrected chi connectivity index (χ0v) is 15.1. The van der Waals surface area contributed by atoms with Gasteiger partial charge in [0.05, 0.1) is 16.3 Å². The van der Waals surface area contributed by atoms with Crippen LogP contribution in [0.15, 0.2) is 11.7 Å². The highest BCUT2D eigenvalue weighted by molar-refractivity contribution is 7.18. The molecule has 2 saturated heterocycles. The number of anilines is 1. The molecule has 2 aromatic heterocycles.